The average molecular weight is 292 g/mol. The Kier molecular flexibility index (Phi) is 6.00. The van der Waals surface area contributed by atoms with E-state index in [0.29, 0.717) is 11.8 Å². The zero-order chi connectivity index (χ0) is 15.9. The summed E-state index contributed by atoms with van der Waals surface area (Å²) in [5.41, 5.74) is 5.37. The second-order valence-electron chi connectivity index (χ2n) is 7.01. The van der Waals surface area contributed by atoms with Gasteiger partial charge in [-0.3, -0.25) is 0 Å². The highest BCUT2D eigenvalue weighted by molar-refractivity contribution is 5.69. The largest absolute Gasteiger partial charge is 0.0625 e. The van der Waals surface area contributed by atoms with Crippen molar-refractivity contribution >= 4 is 12.2 Å². The highest BCUT2D eigenvalue weighted by Crippen LogP contribution is 2.14. The van der Waals surface area contributed by atoms with Crippen LogP contribution in [0.5, 0.6) is 0 Å². The molecule has 0 radical (unpaired) electrons. The van der Waals surface area contributed by atoms with E-state index in [4.69, 9.17) is 0 Å². The molecule has 0 amide bonds. The summed E-state index contributed by atoms with van der Waals surface area (Å²) in [5.74, 6) is 1.43. The number of hydrogen-bond acceptors (Lipinski definition) is 0. The maximum atomic E-state index is 2.26. The monoisotopic (exact) mass is 292 g/mol. The van der Waals surface area contributed by atoms with Crippen molar-refractivity contribution in [2.24, 2.45) is 11.8 Å². The highest BCUT2D eigenvalue weighted by atomic mass is 14.0. The Morgan fingerprint density at radius 2 is 0.909 bits per heavy atom. The molecule has 0 aliphatic carbocycles. The van der Waals surface area contributed by atoms with E-state index in [1.54, 1.807) is 0 Å². The summed E-state index contributed by atoms with van der Waals surface area (Å²) in [6, 6.07) is 17.8. The van der Waals surface area contributed by atoms with E-state index in [1.165, 1.54) is 22.3 Å². The standard InChI is InChI=1S/C22H28/c1-17(2)15-21-11-7-19(8-12-21)5-6-20-9-13-22(14-10-20)16-18(3)4/h5-14,17-18H,15-16H2,1-4H3. The van der Waals surface area contributed by atoms with E-state index >= 15 is 0 Å². The van der Waals surface area contributed by atoms with Crippen LogP contribution in [-0.2, 0) is 12.8 Å². The van der Waals surface area contributed by atoms with Crippen LogP contribution in [0.1, 0.15) is 49.9 Å². The molecule has 0 saturated carbocycles. The summed E-state index contributed by atoms with van der Waals surface area (Å²) < 4.78 is 0. The van der Waals surface area contributed by atoms with Crippen molar-refractivity contribution < 1.29 is 0 Å². The molecule has 0 heteroatoms. The van der Waals surface area contributed by atoms with Crippen molar-refractivity contribution in [2.75, 3.05) is 0 Å². The second kappa shape index (κ2) is 7.98. The number of rotatable bonds is 6. The zero-order valence-electron chi connectivity index (χ0n) is 14.3. The van der Waals surface area contributed by atoms with Gasteiger partial charge in [-0.1, -0.05) is 88.4 Å². The van der Waals surface area contributed by atoms with Gasteiger partial charge in [-0.25, -0.2) is 0 Å². The fraction of sp³-hybridized carbons (Fsp3) is 0.364. The first-order valence-electron chi connectivity index (χ1n) is 8.39. The van der Waals surface area contributed by atoms with E-state index in [9.17, 15) is 0 Å². The molecular formula is C22H28. The van der Waals surface area contributed by atoms with Gasteiger partial charge in [0.25, 0.3) is 0 Å². The van der Waals surface area contributed by atoms with Crippen LogP contribution in [0.3, 0.4) is 0 Å². The van der Waals surface area contributed by atoms with Crippen molar-refractivity contribution in [3.05, 3.63) is 70.8 Å². The average Bonchev–Trinajstić information content (AvgIpc) is 2.47. The number of hydrogen-bond donors (Lipinski definition) is 0. The summed E-state index contributed by atoms with van der Waals surface area (Å²) >= 11 is 0. The van der Waals surface area contributed by atoms with Crippen molar-refractivity contribution in [1.82, 2.24) is 0 Å². The minimum atomic E-state index is 0.714. The molecule has 0 nitrogen and oxygen atoms in total. The maximum absolute atomic E-state index is 2.26. The Morgan fingerprint density at radius 3 is 1.18 bits per heavy atom. The van der Waals surface area contributed by atoms with Crippen LogP contribution in [0.15, 0.2) is 48.5 Å². The zero-order valence-corrected chi connectivity index (χ0v) is 14.3. The van der Waals surface area contributed by atoms with Gasteiger partial charge in [0.05, 0.1) is 0 Å². The normalized spacial score (nSPS) is 11.7. The van der Waals surface area contributed by atoms with Gasteiger partial charge in [-0.15, -0.1) is 0 Å². The lowest BCUT2D eigenvalue weighted by atomic mass is 10.0. The molecule has 0 fully saturated rings. The lowest BCUT2D eigenvalue weighted by molar-refractivity contribution is 0.647. The fourth-order valence-electron chi connectivity index (χ4n) is 2.66. The molecule has 0 N–H and O–H groups in total. The van der Waals surface area contributed by atoms with Gasteiger partial charge < -0.3 is 0 Å². The van der Waals surface area contributed by atoms with E-state index in [0.717, 1.165) is 12.8 Å². The van der Waals surface area contributed by atoms with Gasteiger partial charge in [-0.05, 0) is 46.9 Å². The fourth-order valence-corrected chi connectivity index (χ4v) is 2.66. The summed E-state index contributed by atoms with van der Waals surface area (Å²) in [5, 5.41) is 0. The minimum absolute atomic E-state index is 0.714. The molecule has 0 aliphatic rings. The topological polar surface area (TPSA) is 0 Å². The SMILES string of the molecule is CC(C)Cc1ccc(C=Cc2ccc(CC(C)C)cc2)cc1. The molecule has 22 heavy (non-hydrogen) atoms. The molecular weight excluding hydrogens is 264 g/mol. The van der Waals surface area contributed by atoms with Crippen LogP contribution in [0.2, 0.25) is 0 Å². The van der Waals surface area contributed by atoms with Gasteiger partial charge in [-0.2, -0.15) is 0 Å². The summed E-state index contributed by atoms with van der Waals surface area (Å²) in [6.07, 6.45) is 6.69. The van der Waals surface area contributed by atoms with Crippen molar-refractivity contribution in [3.63, 3.8) is 0 Å². The first kappa shape index (κ1) is 16.5. The molecule has 2 rings (SSSR count). The first-order valence-corrected chi connectivity index (χ1v) is 8.39. The van der Waals surface area contributed by atoms with Crippen LogP contribution >= 0.6 is 0 Å². The lowest BCUT2D eigenvalue weighted by Gasteiger charge is -2.05. The van der Waals surface area contributed by atoms with Gasteiger partial charge in [0.1, 0.15) is 0 Å². The van der Waals surface area contributed by atoms with Gasteiger partial charge >= 0.3 is 0 Å². The molecule has 0 aliphatic heterocycles. The first-order chi connectivity index (χ1) is 10.5. The molecule has 0 aromatic heterocycles. The number of benzene rings is 2. The van der Waals surface area contributed by atoms with Gasteiger partial charge in [0.15, 0.2) is 0 Å². The quantitative estimate of drug-likeness (QED) is 0.552. The van der Waals surface area contributed by atoms with Gasteiger partial charge in [0.2, 0.25) is 0 Å². The summed E-state index contributed by atoms with van der Waals surface area (Å²) in [4.78, 5) is 0. The van der Waals surface area contributed by atoms with Crippen LogP contribution < -0.4 is 0 Å². The third kappa shape index (κ3) is 5.52. The summed E-state index contributed by atoms with van der Waals surface area (Å²) in [6.45, 7) is 9.04. The Bertz CT molecular complexity index is 527. The Labute approximate surface area is 135 Å². The molecule has 0 heterocycles. The van der Waals surface area contributed by atoms with E-state index < -0.39 is 0 Å². The van der Waals surface area contributed by atoms with E-state index in [1.807, 2.05) is 0 Å². The van der Waals surface area contributed by atoms with Crippen molar-refractivity contribution in [1.29, 1.82) is 0 Å². The van der Waals surface area contributed by atoms with E-state index in [2.05, 4.69) is 88.4 Å². The molecule has 0 atom stereocenters. The molecule has 0 saturated heterocycles. The molecule has 2 aromatic rings. The van der Waals surface area contributed by atoms with Crippen molar-refractivity contribution in [2.45, 2.75) is 40.5 Å². The molecule has 2 aromatic carbocycles. The third-order valence-electron chi connectivity index (χ3n) is 3.72. The van der Waals surface area contributed by atoms with Crippen LogP contribution in [0.25, 0.3) is 12.2 Å². The van der Waals surface area contributed by atoms with Crippen LogP contribution in [0.4, 0.5) is 0 Å². The predicted molar refractivity (Wildman–Crippen MR) is 98.9 cm³/mol. The molecule has 0 bridgehead atoms. The Balaban J connectivity index is 1.99. The predicted octanol–water partition coefficient (Wildman–Crippen LogP) is 6.25. The summed E-state index contributed by atoms with van der Waals surface area (Å²) in [7, 11) is 0. The Morgan fingerprint density at radius 1 is 0.591 bits per heavy atom. The maximum Gasteiger partial charge on any atom is -0.0256 e. The molecule has 0 unspecified atom stereocenters. The molecule has 0 spiro atoms. The minimum Gasteiger partial charge on any atom is -0.0625 e. The highest BCUT2D eigenvalue weighted by Gasteiger charge is 1.98. The second-order valence-corrected chi connectivity index (χ2v) is 7.01. The van der Waals surface area contributed by atoms with Crippen LogP contribution in [-0.4, -0.2) is 0 Å². The lowest BCUT2D eigenvalue weighted by Crippen LogP contribution is -1.93. The van der Waals surface area contributed by atoms with Gasteiger partial charge in [0, 0.05) is 0 Å². The van der Waals surface area contributed by atoms with Crippen LogP contribution in [0, 0.1) is 11.8 Å². The Hall–Kier alpha value is -1.82. The van der Waals surface area contributed by atoms with E-state index in [-0.39, 0.29) is 0 Å². The smallest absolute Gasteiger partial charge is 0.0256 e. The van der Waals surface area contributed by atoms with Crippen molar-refractivity contribution in [3.8, 4) is 0 Å². The molecule has 116 valence electrons. The third-order valence-corrected chi connectivity index (χ3v) is 3.72.